The summed E-state index contributed by atoms with van der Waals surface area (Å²) in [7, 11) is 0. The summed E-state index contributed by atoms with van der Waals surface area (Å²) in [6.45, 7) is 9.36. The Morgan fingerprint density at radius 2 is 1.84 bits per heavy atom. The Hall–Kier alpha value is -3.26. The summed E-state index contributed by atoms with van der Waals surface area (Å²) < 4.78 is 13.0. The van der Waals surface area contributed by atoms with Crippen LogP contribution >= 0.6 is 11.8 Å². The van der Waals surface area contributed by atoms with Gasteiger partial charge in [-0.1, -0.05) is 30.0 Å². The zero-order valence-corrected chi connectivity index (χ0v) is 18.5. The molecule has 31 heavy (non-hydrogen) atoms. The van der Waals surface area contributed by atoms with E-state index in [4.69, 9.17) is 9.47 Å². The summed E-state index contributed by atoms with van der Waals surface area (Å²) in [6, 6.07) is 15.1. The molecule has 1 aromatic heterocycles. The first-order valence-corrected chi connectivity index (χ1v) is 11.1. The van der Waals surface area contributed by atoms with Gasteiger partial charge in [-0.3, -0.25) is 9.36 Å². The number of carbonyl (C=O) groups excluding carboxylic acids is 1. The zero-order chi connectivity index (χ0) is 22.1. The summed E-state index contributed by atoms with van der Waals surface area (Å²) in [5.74, 6) is 2.22. The summed E-state index contributed by atoms with van der Waals surface area (Å²) in [4.78, 5) is 12.5. The van der Waals surface area contributed by atoms with Crippen LogP contribution in [0, 0.1) is 0 Å². The Morgan fingerprint density at radius 3 is 2.55 bits per heavy atom. The van der Waals surface area contributed by atoms with E-state index in [-0.39, 0.29) is 11.7 Å². The monoisotopic (exact) mass is 438 g/mol. The highest BCUT2D eigenvalue weighted by molar-refractivity contribution is 7.99. The van der Waals surface area contributed by atoms with Crippen LogP contribution in [0.3, 0.4) is 0 Å². The van der Waals surface area contributed by atoms with E-state index < -0.39 is 0 Å². The Bertz CT molecular complexity index is 1020. The third-order valence-electron chi connectivity index (χ3n) is 4.25. The van der Waals surface area contributed by atoms with Gasteiger partial charge in [-0.25, -0.2) is 0 Å². The fourth-order valence-electron chi connectivity index (χ4n) is 2.94. The molecule has 1 heterocycles. The fraction of sp³-hybridized carbons (Fsp3) is 0.261. The number of allylic oxidation sites excluding steroid dienone is 1. The maximum absolute atomic E-state index is 12.5. The third kappa shape index (κ3) is 5.88. The fourth-order valence-corrected chi connectivity index (χ4v) is 3.69. The second-order valence-corrected chi connectivity index (χ2v) is 7.37. The van der Waals surface area contributed by atoms with Crippen molar-refractivity contribution < 1.29 is 14.3 Å². The minimum atomic E-state index is -0.145. The lowest BCUT2D eigenvalue weighted by atomic mass is 10.2. The number of aromatic nitrogens is 3. The number of nitrogens with one attached hydrogen (secondary N) is 1. The van der Waals surface area contributed by atoms with Gasteiger partial charge in [0.1, 0.15) is 11.5 Å². The smallest absolute Gasteiger partial charge is 0.234 e. The lowest BCUT2D eigenvalue weighted by Gasteiger charge is -2.11. The van der Waals surface area contributed by atoms with Crippen molar-refractivity contribution in [3.63, 3.8) is 0 Å². The molecule has 162 valence electrons. The average Bonchev–Trinajstić information content (AvgIpc) is 3.17. The van der Waals surface area contributed by atoms with Crippen LogP contribution < -0.4 is 14.8 Å². The normalized spacial score (nSPS) is 10.5. The molecule has 0 radical (unpaired) electrons. The van der Waals surface area contributed by atoms with Crippen molar-refractivity contribution >= 4 is 23.4 Å². The number of carbonyl (C=O) groups is 1. The SMILES string of the molecule is C=CCn1c(SCC(=O)Nc2ccccc2OCC)nnc1-c1ccc(OCC)cc1. The number of amides is 1. The van der Waals surface area contributed by atoms with E-state index >= 15 is 0 Å². The quantitative estimate of drug-likeness (QED) is 0.347. The summed E-state index contributed by atoms with van der Waals surface area (Å²) in [5.41, 5.74) is 1.57. The number of benzene rings is 2. The van der Waals surface area contributed by atoms with Crippen LogP contribution in [0.25, 0.3) is 11.4 Å². The molecule has 8 heteroatoms. The largest absolute Gasteiger partial charge is 0.494 e. The van der Waals surface area contributed by atoms with Crippen LogP contribution in [-0.2, 0) is 11.3 Å². The van der Waals surface area contributed by atoms with Crippen LogP contribution in [0.5, 0.6) is 11.5 Å². The van der Waals surface area contributed by atoms with Crippen molar-refractivity contribution in [1.29, 1.82) is 0 Å². The molecule has 1 amide bonds. The van der Waals surface area contributed by atoms with E-state index in [1.165, 1.54) is 11.8 Å². The van der Waals surface area contributed by atoms with Gasteiger partial charge in [0.2, 0.25) is 5.91 Å². The molecular formula is C23H26N4O3S. The Kier molecular flexibility index (Phi) is 8.12. The summed E-state index contributed by atoms with van der Waals surface area (Å²) in [5, 5.41) is 12.2. The molecule has 1 N–H and O–H groups in total. The highest BCUT2D eigenvalue weighted by Crippen LogP contribution is 2.27. The number of hydrogen-bond acceptors (Lipinski definition) is 6. The molecule has 0 aliphatic heterocycles. The molecule has 3 rings (SSSR count). The predicted molar refractivity (Wildman–Crippen MR) is 124 cm³/mol. The van der Waals surface area contributed by atoms with Crippen LogP contribution in [0.15, 0.2) is 66.3 Å². The third-order valence-corrected chi connectivity index (χ3v) is 5.21. The Labute approximate surface area is 186 Å². The van der Waals surface area contributed by atoms with Gasteiger partial charge in [-0.15, -0.1) is 16.8 Å². The molecule has 0 aliphatic rings. The van der Waals surface area contributed by atoms with Crippen LogP contribution in [0.1, 0.15) is 13.8 Å². The van der Waals surface area contributed by atoms with Gasteiger partial charge in [0.25, 0.3) is 0 Å². The topological polar surface area (TPSA) is 78.3 Å². The molecular weight excluding hydrogens is 412 g/mol. The molecule has 0 fully saturated rings. The van der Waals surface area contributed by atoms with Gasteiger partial charge in [-0.05, 0) is 50.2 Å². The molecule has 0 bridgehead atoms. The van der Waals surface area contributed by atoms with Gasteiger partial charge in [0, 0.05) is 12.1 Å². The molecule has 7 nitrogen and oxygen atoms in total. The Balaban J connectivity index is 1.70. The summed E-state index contributed by atoms with van der Waals surface area (Å²) in [6.07, 6.45) is 1.78. The van der Waals surface area contributed by atoms with E-state index in [2.05, 4.69) is 22.1 Å². The van der Waals surface area contributed by atoms with Gasteiger partial charge in [0.05, 0.1) is 24.7 Å². The maximum atomic E-state index is 12.5. The van der Waals surface area contributed by atoms with Crippen molar-refractivity contribution in [2.24, 2.45) is 0 Å². The highest BCUT2D eigenvalue weighted by Gasteiger charge is 2.16. The predicted octanol–water partition coefficient (Wildman–Crippen LogP) is 4.66. The Morgan fingerprint density at radius 1 is 1.10 bits per heavy atom. The molecule has 0 atom stereocenters. The van der Waals surface area contributed by atoms with Crippen molar-refractivity contribution in [3.05, 3.63) is 61.2 Å². The number of thioether (sulfide) groups is 1. The number of rotatable bonds is 11. The van der Waals surface area contributed by atoms with E-state index in [0.717, 1.165) is 11.3 Å². The minimum Gasteiger partial charge on any atom is -0.494 e. The minimum absolute atomic E-state index is 0.145. The van der Waals surface area contributed by atoms with E-state index in [0.29, 0.717) is 42.2 Å². The van der Waals surface area contributed by atoms with Crippen molar-refractivity contribution in [2.75, 3.05) is 24.3 Å². The van der Waals surface area contributed by atoms with Crippen molar-refractivity contribution in [1.82, 2.24) is 14.8 Å². The highest BCUT2D eigenvalue weighted by atomic mass is 32.2. The van der Waals surface area contributed by atoms with Crippen molar-refractivity contribution in [3.8, 4) is 22.9 Å². The number of anilines is 1. The average molecular weight is 439 g/mol. The number of ether oxygens (including phenoxy) is 2. The summed E-state index contributed by atoms with van der Waals surface area (Å²) >= 11 is 1.32. The number of para-hydroxylation sites is 2. The maximum Gasteiger partial charge on any atom is 0.234 e. The van der Waals surface area contributed by atoms with Gasteiger partial charge in [-0.2, -0.15) is 0 Å². The molecule has 0 saturated carbocycles. The second kappa shape index (κ2) is 11.2. The van der Waals surface area contributed by atoms with Crippen LogP contribution in [0.2, 0.25) is 0 Å². The standard InChI is InChI=1S/C23H26N4O3S/c1-4-15-27-22(17-11-13-18(14-12-17)29-5-2)25-26-23(27)31-16-21(28)24-19-9-7-8-10-20(19)30-6-3/h4,7-14H,1,5-6,15-16H2,2-3H3,(H,24,28). The van der Waals surface area contributed by atoms with E-state index in [1.807, 2.05) is 66.9 Å². The lowest BCUT2D eigenvalue weighted by molar-refractivity contribution is -0.113. The first kappa shape index (κ1) is 22.4. The number of nitrogens with zero attached hydrogens (tertiary/aromatic N) is 3. The molecule has 3 aromatic rings. The molecule has 0 aliphatic carbocycles. The first-order chi connectivity index (χ1) is 15.2. The first-order valence-electron chi connectivity index (χ1n) is 10.1. The number of hydrogen-bond donors (Lipinski definition) is 1. The molecule has 2 aromatic carbocycles. The second-order valence-electron chi connectivity index (χ2n) is 6.43. The van der Waals surface area contributed by atoms with Crippen LogP contribution in [-0.4, -0.2) is 39.6 Å². The molecule has 0 unspecified atom stereocenters. The van der Waals surface area contributed by atoms with E-state index in [9.17, 15) is 4.79 Å². The van der Waals surface area contributed by atoms with E-state index in [1.54, 1.807) is 6.08 Å². The van der Waals surface area contributed by atoms with Crippen molar-refractivity contribution in [2.45, 2.75) is 25.5 Å². The molecule has 0 spiro atoms. The van der Waals surface area contributed by atoms with Crippen LogP contribution in [0.4, 0.5) is 5.69 Å². The molecule has 0 saturated heterocycles. The zero-order valence-electron chi connectivity index (χ0n) is 17.7. The van der Waals surface area contributed by atoms with Gasteiger partial charge < -0.3 is 14.8 Å². The lowest BCUT2D eigenvalue weighted by Crippen LogP contribution is -2.15. The van der Waals surface area contributed by atoms with Gasteiger partial charge in [0.15, 0.2) is 11.0 Å². The van der Waals surface area contributed by atoms with Gasteiger partial charge >= 0.3 is 0 Å².